The van der Waals surface area contributed by atoms with E-state index in [4.69, 9.17) is 0 Å². The van der Waals surface area contributed by atoms with Gasteiger partial charge in [0.15, 0.2) is 0 Å². The molecule has 7 heteroatoms. The molecule has 0 radical (unpaired) electrons. The van der Waals surface area contributed by atoms with Gasteiger partial charge in [0.2, 0.25) is 5.91 Å². The van der Waals surface area contributed by atoms with Gasteiger partial charge in [-0.1, -0.05) is 29.3 Å². The molecule has 0 unspecified atom stereocenters. The summed E-state index contributed by atoms with van der Waals surface area (Å²) in [4.78, 5) is 22.1. The van der Waals surface area contributed by atoms with Gasteiger partial charge in [0.25, 0.3) is 5.69 Å². The first-order valence-corrected chi connectivity index (χ1v) is 9.23. The predicted molar refractivity (Wildman–Crippen MR) is 106 cm³/mol. The van der Waals surface area contributed by atoms with Crippen LogP contribution in [0, 0.1) is 24.0 Å². The molecule has 0 saturated heterocycles. The van der Waals surface area contributed by atoms with Crippen LogP contribution >= 0.6 is 11.8 Å². The number of nitro groups is 1. The molecule has 2 rings (SSSR count). The Bertz CT molecular complexity index is 812. The van der Waals surface area contributed by atoms with Crippen molar-refractivity contribution >= 4 is 29.1 Å². The third-order valence-electron chi connectivity index (χ3n) is 3.63. The fourth-order valence-corrected chi connectivity index (χ4v) is 3.24. The molecular formula is C19H21N3O3S. The van der Waals surface area contributed by atoms with Crippen molar-refractivity contribution in [3.05, 3.63) is 74.8 Å². The first kappa shape index (κ1) is 19.7. The number of carbonyl (C=O) groups excluding carboxylic acids is 1. The number of carbonyl (C=O) groups is 1. The second kappa shape index (κ2) is 9.15. The lowest BCUT2D eigenvalue weighted by Gasteiger charge is -2.05. The van der Waals surface area contributed by atoms with E-state index < -0.39 is 4.92 Å². The van der Waals surface area contributed by atoms with Crippen molar-refractivity contribution in [2.45, 2.75) is 26.5 Å². The smallest absolute Gasteiger partial charge is 0.269 e. The molecule has 0 atom stereocenters. The van der Waals surface area contributed by atoms with Crippen LogP contribution in [0.4, 0.5) is 5.69 Å². The number of nitrogens with zero attached hydrogens (tertiary/aromatic N) is 2. The van der Waals surface area contributed by atoms with Crippen LogP contribution in [0.25, 0.3) is 0 Å². The van der Waals surface area contributed by atoms with Crippen LogP contribution in [0.1, 0.15) is 29.2 Å². The largest absolute Gasteiger partial charge is 0.272 e. The van der Waals surface area contributed by atoms with E-state index in [0.717, 1.165) is 11.3 Å². The molecule has 0 aliphatic heterocycles. The fourth-order valence-electron chi connectivity index (χ4n) is 2.48. The van der Waals surface area contributed by atoms with Gasteiger partial charge in [-0.25, -0.2) is 5.43 Å². The molecule has 1 N–H and O–H groups in total. The van der Waals surface area contributed by atoms with Crippen LogP contribution < -0.4 is 5.43 Å². The second-order valence-corrected chi connectivity index (χ2v) is 7.01. The van der Waals surface area contributed by atoms with Crippen LogP contribution in [-0.4, -0.2) is 22.3 Å². The van der Waals surface area contributed by atoms with Crippen molar-refractivity contribution in [3.8, 4) is 0 Å². The van der Waals surface area contributed by atoms with E-state index in [2.05, 4.69) is 42.6 Å². The maximum Gasteiger partial charge on any atom is 0.269 e. The van der Waals surface area contributed by atoms with Crippen molar-refractivity contribution in [3.63, 3.8) is 0 Å². The number of benzene rings is 2. The molecule has 2 aromatic rings. The van der Waals surface area contributed by atoms with Gasteiger partial charge in [-0.05, 0) is 44.0 Å². The zero-order valence-electron chi connectivity index (χ0n) is 15.0. The fraction of sp³-hybridized carbons (Fsp3) is 0.263. The zero-order chi connectivity index (χ0) is 19.1. The molecule has 0 heterocycles. The monoisotopic (exact) mass is 371 g/mol. The van der Waals surface area contributed by atoms with Gasteiger partial charge in [0.05, 0.1) is 16.4 Å². The topological polar surface area (TPSA) is 84.6 Å². The van der Waals surface area contributed by atoms with Gasteiger partial charge in [-0.3, -0.25) is 14.9 Å². The Hall–Kier alpha value is -2.67. The van der Waals surface area contributed by atoms with E-state index in [1.54, 1.807) is 19.1 Å². The normalized spacial score (nSPS) is 11.3. The third kappa shape index (κ3) is 6.00. The first-order valence-electron chi connectivity index (χ1n) is 8.08. The summed E-state index contributed by atoms with van der Waals surface area (Å²) in [5, 5.41) is 14.7. The lowest BCUT2D eigenvalue weighted by molar-refractivity contribution is -0.384. The van der Waals surface area contributed by atoms with Crippen LogP contribution in [-0.2, 0) is 10.5 Å². The summed E-state index contributed by atoms with van der Waals surface area (Å²) in [5.74, 6) is 0.894. The van der Waals surface area contributed by atoms with E-state index >= 15 is 0 Å². The first-order chi connectivity index (χ1) is 12.3. The standard InChI is InChI=1S/C19H21N3O3S/c1-13-8-14(2)10-16(9-13)11-26-12-19(23)21-20-15(3)17-4-6-18(7-5-17)22(24)25/h4-10H,11-12H2,1-3H3,(H,21,23). The summed E-state index contributed by atoms with van der Waals surface area (Å²) in [5.41, 5.74) is 7.49. The van der Waals surface area contributed by atoms with E-state index in [0.29, 0.717) is 11.5 Å². The van der Waals surface area contributed by atoms with Crippen molar-refractivity contribution in [2.24, 2.45) is 5.10 Å². The van der Waals surface area contributed by atoms with E-state index in [-0.39, 0.29) is 11.6 Å². The van der Waals surface area contributed by atoms with Crippen molar-refractivity contribution < 1.29 is 9.72 Å². The number of hydrazone groups is 1. The Morgan fingerprint density at radius 3 is 2.35 bits per heavy atom. The maximum absolute atomic E-state index is 11.9. The molecule has 6 nitrogen and oxygen atoms in total. The highest BCUT2D eigenvalue weighted by Crippen LogP contribution is 2.16. The Labute approximate surface area is 156 Å². The highest BCUT2D eigenvalue weighted by molar-refractivity contribution is 7.99. The maximum atomic E-state index is 11.9. The van der Waals surface area contributed by atoms with Crippen LogP contribution in [0.15, 0.2) is 47.6 Å². The van der Waals surface area contributed by atoms with Gasteiger partial charge < -0.3 is 0 Å². The van der Waals surface area contributed by atoms with E-state index in [9.17, 15) is 14.9 Å². The molecule has 0 saturated carbocycles. The number of hydrogen-bond donors (Lipinski definition) is 1. The van der Waals surface area contributed by atoms with Gasteiger partial charge in [0.1, 0.15) is 0 Å². The molecule has 0 fully saturated rings. The number of aryl methyl sites for hydroxylation is 2. The molecule has 0 spiro atoms. The highest BCUT2D eigenvalue weighted by Gasteiger charge is 2.06. The van der Waals surface area contributed by atoms with Crippen LogP contribution in [0.3, 0.4) is 0 Å². The molecule has 0 bridgehead atoms. The summed E-state index contributed by atoms with van der Waals surface area (Å²) in [6.07, 6.45) is 0. The van der Waals surface area contributed by atoms with Gasteiger partial charge >= 0.3 is 0 Å². The number of hydrogen-bond acceptors (Lipinski definition) is 5. The number of rotatable bonds is 7. The lowest BCUT2D eigenvalue weighted by Crippen LogP contribution is -2.21. The Kier molecular flexibility index (Phi) is 6.91. The zero-order valence-corrected chi connectivity index (χ0v) is 15.8. The van der Waals surface area contributed by atoms with Crippen molar-refractivity contribution in [2.75, 3.05) is 5.75 Å². The van der Waals surface area contributed by atoms with E-state index in [1.807, 2.05) is 0 Å². The SMILES string of the molecule is CC(=NNC(=O)CSCc1cc(C)cc(C)c1)c1ccc([N+](=O)[O-])cc1. The molecule has 0 aromatic heterocycles. The number of amides is 1. The number of thioether (sulfide) groups is 1. The molecule has 0 aliphatic rings. The van der Waals surface area contributed by atoms with Gasteiger partial charge in [-0.15, -0.1) is 11.8 Å². The summed E-state index contributed by atoms with van der Waals surface area (Å²) in [7, 11) is 0. The van der Waals surface area contributed by atoms with Crippen LogP contribution in [0.2, 0.25) is 0 Å². The summed E-state index contributed by atoms with van der Waals surface area (Å²) < 4.78 is 0. The molecule has 1 amide bonds. The second-order valence-electron chi connectivity index (χ2n) is 6.02. The highest BCUT2D eigenvalue weighted by atomic mass is 32.2. The summed E-state index contributed by atoms with van der Waals surface area (Å²) in [6, 6.07) is 12.4. The van der Waals surface area contributed by atoms with Crippen molar-refractivity contribution in [1.29, 1.82) is 0 Å². The summed E-state index contributed by atoms with van der Waals surface area (Å²) in [6.45, 7) is 5.86. The van der Waals surface area contributed by atoms with E-state index in [1.165, 1.54) is 40.6 Å². The Morgan fingerprint density at radius 2 is 1.77 bits per heavy atom. The Balaban J connectivity index is 1.83. The molecular weight excluding hydrogens is 350 g/mol. The molecule has 26 heavy (non-hydrogen) atoms. The third-order valence-corrected chi connectivity index (χ3v) is 4.63. The minimum atomic E-state index is -0.453. The quantitative estimate of drug-likeness (QED) is 0.453. The lowest BCUT2D eigenvalue weighted by atomic mass is 10.1. The number of nitro benzene ring substituents is 1. The van der Waals surface area contributed by atoms with Crippen molar-refractivity contribution in [1.82, 2.24) is 5.43 Å². The minimum Gasteiger partial charge on any atom is -0.272 e. The van der Waals surface area contributed by atoms with Gasteiger partial charge in [0, 0.05) is 17.9 Å². The molecule has 2 aromatic carbocycles. The van der Waals surface area contributed by atoms with Crippen LogP contribution in [0.5, 0.6) is 0 Å². The number of nitrogens with one attached hydrogen (secondary N) is 1. The minimum absolute atomic E-state index is 0.0216. The average Bonchev–Trinajstić information content (AvgIpc) is 2.59. The Morgan fingerprint density at radius 1 is 1.15 bits per heavy atom. The molecule has 136 valence electrons. The number of non-ortho nitro benzene ring substituents is 1. The van der Waals surface area contributed by atoms with Gasteiger partial charge in [-0.2, -0.15) is 5.10 Å². The average molecular weight is 371 g/mol. The predicted octanol–water partition coefficient (Wildman–Crippen LogP) is 3.99. The molecule has 0 aliphatic carbocycles. The summed E-state index contributed by atoms with van der Waals surface area (Å²) >= 11 is 1.53.